The fraction of sp³-hybridized carbons (Fsp3) is 0.375. The molecule has 0 radical (unpaired) electrons. The highest BCUT2D eigenvalue weighted by Gasteiger charge is 2.38. The lowest BCUT2D eigenvalue weighted by Gasteiger charge is -2.40. The van der Waals surface area contributed by atoms with Crippen LogP contribution in [0.2, 0.25) is 0 Å². The van der Waals surface area contributed by atoms with Gasteiger partial charge in [0.25, 0.3) is 5.91 Å². The van der Waals surface area contributed by atoms with Crippen molar-refractivity contribution in [1.82, 2.24) is 10.2 Å². The van der Waals surface area contributed by atoms with Crippen molar-refractivity contribution in [3.05, 3.63) is 94.5 Å². The molecule has 1 N–H and O–H groups in total. The van der Waals surface area contributed by atoms with Crippen LogP contribution in [0, 0.1) is 0 Å². The van der Waals surface area contributed by atoms with E-state index in [4.69, 9.17) is 4.74 Å². The fourth-order valence-electron chi connectivity index (χ4n) is 5.84. The number of methoxy groups -OCH3 is 1. The van der Waals surface area contributed by atoms with Gasteiger partial charge in [0.2, 0.25) is 5.91 Å². The van der Waals surface area contributed by atoms with Crippen LogP contribution >= 0.6 is 0 Å². The van der Waals surface area contributed by atoms with Crippen molar-refractivity contribution in [2.45, 2.75) is 57.2 Å². The molecule has 1 heterocycles. The second-order valence-electron chi connectivity index (χ2n) is 11.3. The number of benzene rings is 3. The first-order valence-electron chi connectivity index (χ1n) is 13.3. The van der Waals surface area contributed by atoms with Crippen LogP contribution in [0.25, 0.3) is 0 Å². The van der Waals surface area contributed by atoms with Crippen LogP contribution in [0.5, 0.6) is 5.75 Å². The zero-order chi connectivity index (χ0) is 27.0. The summed E-state index contributed by atoms with van der Waals surface area (Å²) in [6.45, 7) is 4.90. The maximum atomic E-state index is 14.0. The Morgan fingerprint density at radius 1 is 1.00 bits per heavy atom. The number of rotatable bonds is 5. The Morgan fingerprint density at radius 3 is 2.50 bits per heavy atom. The molecule has 6 heteroatoms. The number of amides is 2. The predicted molar refractivity (Wildman–Crippen MR) is 151 cm³/mol. The number of carbonyl (C=O) groups excluding carboxylic acids is 2. The van der Waals surface area contributed by atoms with E-state index >= 15 is 0 Å². The summed E-state index contributed by atoms with van der Waals surface area (Å²) in [5.41, 5.74) is 6.09. The molecule has 6 nitrogen and oxygen atoms in total. The average molecular weight is 512 g/mol. The molecule has 2 aliphatic rings. The Bertz CT molecular complexity index is 1360. The van der Waals surface area contributed by atoms with Crippen LogP contribution in [-0.2, 0) is 23.2 Å². The minimum atomic E-state index is -0.593. The molecule has 0 spiro atoms. The Morgan fingerprint density at radius 2 is 1.76 bits per heavy atom. The number of nitrogens with zero attached hydrogens (tertiary/aromatic N) is 2. The van der Waals surface area contributed by atoms with Crippen molar-refractivity contribution >= 4 is 17.5 Å². The van der Waals surface area contributed by atoms with E-state index in [1.807, 2.05) is 73.6 Å². The normalized spacial score (nSPS) is 19.7. The average Bonchev–Trinajstić information content (AvgIpc) is 2.93. The monoisotopic (exact) mass is 511 g/mol. The van der Waals surface area contributed by atoms with Crippen molar-refractivity contribution in [1.29, 1.82) is 0 Å². The Labute approximate surface area is 225 Å². The molecule has 2 atom stereocenters. The first-order chi connectivity index (χ1) is 18.2. The van der Waals surface area contributed by atoms with Crippen LogP contribution in [0.4, 0.5) is 5.69 Å². The molecule has 3 aromatic rings. The maximum absolute atomic E-state index is 14.0. The minimum Gasteiger partial charge on any atom is -0.497 e. The molecule has 2 unspecified atom stereocenters. The lowest BCUT2D eigenvalue weighted by molar-refractivity contribution is -0.127. The van der Waals surface area contributed by atoms with Gasteiger partial charge in [-0.05, 0) is 70.8 Å². The van der Waals surface area contributed by atoms with Gasteiger partial charge in [-0.1, -0.05) is 50.2 Å². The Hall–Kier alpha value is -3.80. The van der Waals surface area contributed by atoms with Gasteiger partial charge >= 0.3 is 0 Å². The van der Waals surface area contributed by atoms with Crippen LogP contribution in [0.1, 0.15) is 65.3 Å². The number of fused-ring (bicyclic) bond motifs is 2. The van der Waals surface area contributed by atoms with Gasteiger partial charge in [-0.2, -0.15) is 0 Å². The van der Waals surface area contributed by atoms with E-state index in [2.05, 4.69) is 31.3 Å². The summed E-state index contributed by atoms with van der Waals surface area (Å²) in [5.74, 6) is 0.537. The molecule has 38 heavy (non-hydrogen) atoms. The fourth-order valence-corrected chi connectivity index (χ4v) is 5.84. The van der Waals surface area contributed by atoms with E-state index < -0.39 is 6.04 Å². The molecular weight excluding hydrogens is 474 g/mol. The van der Waals surface area contributed by atoms with Crippen molar-refractivity contribution in [2.24, 2.45) is 0 Å². The van der Waals surface area contributed by atoms with Gasteiger partial charge in [0.1, 0.15) is 11.8 Å². The highest BCUT2D eigenvalue weighted by Crippen LogP contribution is 2.43. The quantitative estimate of drug-likeness (QED) is 0.508. The summed E-state index contributed by atoms with van der Waals surface area (Å²) < 4.78 is 5.51. The van der Waals surface area contributed by atoms with E-state index in [0.29, 0.717) is 18.5 Å². The van der Waals surface area contributed by atoms with Gasteiger partial charge in [0, 0.05) is 38.3 Å². The molecule has 2 amide bonds. The molecular formula is C32H37N3O3. The lowest BCUT2D eigenvalue weighted by atomic mass is 9.71. The number of hydrogen-bond donors (Lipinski definition) is 1. The second kappa shape index (κ2) is 10.2. The van der Waals surface area contributed by atoms with Crippen molar-refractivity contribution < 1.29 is 14.3 Å². The van der Waals surface area contributed by atoms with E-state index in [1.54, 1.807) is 12.0 Å². The lowest BCUT2D eigenvalue weighted by Crippen LogP contribution is -2.53. The highest BCUT2D eigenvalue weighted by molar-refractivity contribution is 5.98. The summed E-state index contributed by atoms with van der Waals surface area (Å²) >= 11 is 0. The Balaban J connectivity index is 1.47. The number of anilines is 1. The van der Waals surface area contributed by atoms with Gasteiger partial charge in [-0.15, -0.1) is 0 Å². The van der Waals surface area contributed by atoms with Gasteiger partial charge in [0.05, 0.1) is 13.2 Å². The maximum Gasteiger partial charge on any atom is 0.254 e. The smallest absolute Gasteiger partial charge is 0.254 e. The van der Waals surface area contributed by atoms with E-state index in [-0.39, 0.29) is 23.3 Å². The minimum absolute atomic E-state index is 0.0199. The van der Waals surface area contributed by atoms with Gasteiger partial charge in [-0.25, -0.2) is 0 Å². The van der Waals surface area contributed by atoms with Crippen LogP contribution in [0.15, 0.2) is 66.7 Å². The van der Waals surface area contributed by atoms with E-state index in [1.165, 1.54) is 5.56 Å². The van der Waals surface area contributed by atoms with E-state index in [0.717, 1.165) is 41.0 Å². The predicted octanol–water partition coefficient (Wildman–Crippen LogP) is 5.26. The largest absolute Gasteiger partial charge is 0.497 e. The van der Waals surface area contributed by atoms with Crippen molar-refractivity contribution in [3.8, 4) is 5.75 Å². The summed E-state index contributed by atoms with van der Waals surface area (Å²) in [6, 6.07) is 21.1. The van der Waals surface area contributed by atoms with Crippen molar-refractivity contribution in [2.75, 3.05) is 26.1 Å². The molecule has 198 valence electrons. The third kappa shape index (κ3) is 4.87. The summed E-state index contributed by atoms with van der Waals surface area (Å²) in [5, 5.41) is 3.33. The van der Waals surface area contributed by atoms with Gasteiger partial charge in [-0.3, -0.25) is 9.59 Å². The van der Waals surface area contributed by atoms with Crippen molar-refractivity contribution in [3.63, 3.8) is 0 Å². The number of ether oxygens (including phenoxy) is 1. The number of hydrogen-bond acceptors (Lipinski definition) is 4. The topological polar surface area (TPSA) is 61.9 Å². The molecule has 1 aliphatic carbocycles. The summed E-state index contributed by atoms with van der Waals surface area (Å²) in [4.78, 5) is 31.6. The summed E-state index contributed by atoms with van der Waals surface area (Å²) in [7, 11) is 5.57. The zero-order valence-electron chi connectivity index (χ0n) is 23.0. The SMILES string of the molecule is COc1ccc2c(c1)C(NC(=O)C1Cc3ccccc3CN1C(=O)c1cccc(N(C)C)c1)CCC2(C)C. The number of carbonyl (C=O) groups is 2. The Kier molecular flexibility index (Phi) is 6.91. The summed E-state index contributed by atoms with van der Waals surface area (Å²) in [6.07, 6.45) is 2.29. The van der Waals surface area contributed by atoms with Crippen LogP contribution in [-0.4, -0.2) is 44.0 Å². The molecule has 0 aromatic heterocycles. The second-order valence-corrected chi connectivity index (χ2v) is 11.3. The molecule has 3 aromatic carbocycles. The number of nitrogens with one attached hydrogen (secondary N) is 1. The molecule has 5 rings (SSSR count). The van der Waals surface area contributed by atoms with Gasteiger partial charge < -0.3 is 19.9 Å². The third-order valence-corrected chi connectivity index (χ3v) is 8.16. The van der Waals surface area contributed by atoms with Crippen LogP contribution < -0.4 is 15.0 Å². The zero-order valence-corrected chi connectivity index (χ0v) is 23.0. The molecule has 0 bridgehead atoms. The molecule has 0 saturated heterocycles. The molecule has 0 fully saturated rings. The van der Waals surface area contributed by atoms with Gasteiger partial charge in [0.15, 0.2) is 0 Å². The standard InChI is InChI=1S/C32H37N3O3/c1-32(2)16-15-28(26-19-25(38-5)13-14-27(26)32)33-30(36)29-18-21-9-6-7-10-23(21)20-35(29)31(37)22-11-8-12-24(17-22)34(3)4/h6-14,17,19,28-29H,15-16,18,20H2,1-5H3,(H,33,36). The van der Waals surface area contributed by atoms with Crippen LogP contribution in [0.3, 0.4) is 0 Å². The third-order valence-electron chi connectivity index (χ3n) is 8.16. The van der Waals surface area contributed by atoms with E-state index in [9.17, 15) is 9.59 Å². The first-order valence-corrected chi connectivity index (χ1v) is 13.3. The first kappa shape index (κ1) is 25.8. The highest BCUT2D eigenvalue weighted by atomic mass is 16.5. The molecule has 1 aliphatic heterocycles. The molecule has 0 saturated carbocycles.